The van der Waals surface area contributed by atoms with E-state index in [0.29, 0.717) is 17.9 Å². The number of carbonyl (C=O) groups excluding carboxylic acids is 3. The number of ether oxygens (including phenoxy) is 1. The number of carbonyl (C=O) groups is 3. The van der Waals surface area contributed by atoms with Crippen LogP contribution in [0.4, 0.5) is 4.79 Å². The van der Waals surface area contributed by atoms with E-state index < -0.39 is 11.1 Å². The third-order valence-electron chi connectivity index (χ3n) is 4.79. The predicted octanol–water partition coefficient (Wildman–Crippen LogP) is 3.03. The smallest absolute Gasteiger partial charge is 0.294 e. The fourth-order valence-electron chi connectivity index (χ4n) is 3.31. The molecular formula is C20H21N3O4S. The van der Waals surface area contributed by atoms with Gasteiger partial charge in [-0.15, -0.1) is 0 Å². The zero-order valence-electron chi connectivity index (χ0n) is 15.6. The van der Waals surface area contributed by atoms with Crippen molar-refractivity contribution >= 4 is 34.9 Å². The van der Waals surface area contributed by atoms with Crippen LogP contribution in [0.1, 0.15) is 31.7 Å². The van der Waals surface area contributed by atoms with Crippen molar-refractivity contribution in [3.8, 4) is 11.8 Å². The first kappa shape index (κ1) is 20.0. The van der Waals surface area contributed by atoms with E-state index in [1.807, 2.05) is 13.0 Å². The minimum atomic E-state index is -0.483. The van der Waals surface area contributed by atoms with Gasteiger partial charge in [-0.3, -0.25) is 19.3 Å². The molecule has 1 aromatic carbocycles. The highest BCUT2D eigenvalue weighted by Crippen LogP contribution is 2.34. The number of amides is 3. The highest BCUT2D eigenvalue weighted by Gasteiger charge is 2.38. The number of likely N-dealkylation sites (tertiary alicyclic amines) is 1. The molecule has 0 aliphatic carbocycles. The lowest BCUT2D eigenvalue weighted by atomic mass is 10.0. The van der Waals surface area contributed by atoms with Gasteiger partial charge in [0.15, 0.2) is 6.61 Å². The fraction of sp³-hybridized carbons (Fsp3) is 0.400. The number of para-hydroxylation sites is 1. The van der Waals surface area contributed by atoms with E-state index in [4.69, 9.17) is 10.00 Å². The molecule has 0 bridgehead atoms. The number of piperidine rings is 1. The van der Waals surface area contributed by atoms with Gasteiger partial charge in [0, 0.05) is 18.2 Å². The lowest BCUT2D eigenvalue weighted by Crippen LogP contribution is -2.47. The molecule has 1 atom stereocenters. The molecule has 2 saturated heterocycles. The van der Waals surface area contributed by atoms with Crippen LogP contribution in [0, 0.1) is 11.3 Å². The van der Waals surface area contributed by atoms with Crippen molar-refractivity contribution in [1.29, 1.82) is 5.26 Å². The standard InChI is InChI=1S/C20H21N3O4S/c1-14-6-4-5-10-22(14)18(24)13-23-19(25)17(28-20(23)26)12-15-7-2-3-8-16(15)27-11-9-21/h2-3,7-8,12,14H,4-6,10-11,13H2,1H3/b17-12-/t14-/m0/s1. The second-order valence-corrected chi connectivity index (χ2v) is 7.68. The molecule has 0 radical (unpaired) electrons. The fourth-order valence-corrected chi connectivity index (χ4v) is 4.14. The van der Waals surface area contributed by atoms with Gasteiger partial charge >= 0.3 is 0 Å². The van der Waals surface area contributed by atoms with E-state index in [0.717, 1.165) is 35.9 Å². The number of hydrogen-bond donors (Lipinski definition) is 0. The zero-order valence-corrected chi connectivity index (χ0v) is 16.4. The summed E-state index contributed by atoms with van der Waals surface area (Å²) in [7, 11) is 0. The Morgan fingerprint density at radius 3 is 2.89 bits per heavy atom. The molecule has 28 heavy (non-hydrogen) atoms. The van der Waals surface area contributed by atoms with E-state index in [1.165, 1.54) is 0 Å². The van der Waals surface area contributed by atoms with Gasteiger partial charge in [0.1, 0.15) is 18.4 Å². The van der Waals surface area contributed by atoms with Crippen molar-refractivity contribution in [3.63, 3.8) is 0 Å². The first-order valence-corrected chi connectivity index (χ1v) is 9.96. The minimum absolute atomic E-state index is 0.116. The lowest BCUT2D eigenvalue weighted by Gasteiger charge is -2.34. The molecule has 2 aliphatic rings. The van der Waals surface area contributed by atoms with Crippen LogP contribution in [0.25, 0.3) is 6.08 Å². The molecule has 8 heteroatoms. The van der Waals surface area contributed by atoms with Crippen molar-refractivity contribution in [3.05, 3.63) is 34.7 Å². The van der Waals surface area contributed by atoms with E-state index >= 15 is 0 Å². The second-order valence-electron chi connectivity index (χ2n) is 6.68. The Morgan fingerprint density at radius 2 is 2.14 bits per heavy atom. The average Bonchev–Trinajstić information content (AvgIpc) is 2.95. The maximum Gasteiger partial charge on any atom is 0.294 e. The molecule has 0 unspecified atom stereocenters. The Kier molecular flexibility index (Phi) is 6.37. The van der Waals surface area contributed by atoms with E-state index in [1.54, 1.807) is 35.2 Å². The number of rotatable bonds is 5. The third kappa shape index (κ3) is 4.37. The third-order valence-corrected chi connectivity index (χ3v) is 5.70. The minimum Gasteiger partial charge on any atom is -0.478 e. The Bertz CT molecular complexity index is 861. The summed E-state index contributed by atoms with van der Waals surface area (Å²) in [6.45, 7) is 2.30. The molecule has 0 spiro atoms. The molecule has 3 rings (SSSR count). The summed E-state index contributed by atoms with van der Waals surface area (Å²) in [5.41, 5.74) is 0.597. The maximum atomic E-state index is 12.7. The normalized spacial score (nSPS) is 21.1. The summed E-state index contributed by atoms with van der Waals surface area (Å²) in [5.74, 6) is -0.231. The van der Waals surface area contributed by atoms with Crippen LogP contribution in [0.2, 0.25) is 0 Å². The summed E-state index contributed by atoms with van der Waals surface area (Å²) in [5, 5.41) is 8.23. The Morgan fingerprint density at radius 1 is 1.36 bits per heavy atom. The van der Waals surface area contributed by atoms with Gasteiger partial charge in [-0.2, -0.15) is 5.26 Å². The van der Waals surface area contributed by atoms with Crippen molar-refractivity contribution in [1.82, 2.24) is 9.80 Å². The van der Waals surface area contributed by atoms with Crippen LogP contribution < -0.4 is 4.74 Å². The van der Waals surface area contributed by atoms with Crippen molar-refractivity contribution < 1.29 is 19.1 Å². The van der Waals surface area contributed by atoms with Gasteiger partial charge in [-0.1, -0.05) is 18.2 Å². The van der Waals surface area contributed by atoms with Gasteiger partial charge in [0.25, 0.3) is 11.1 Å². The summed E-state index contributed by atoms with van der Waals surface area (Å²) in [4.78, 5) is 40.6. The van der Waals surface area contributed by atoms with E-state index in [9.17, 15) is 14.4 Å². The van der Waals surface area contributed by atoms with Gasteiger partial charge in [0.05, 0.1) is 4.91 Å². The molecule has 0 saturated carbocycles. The Hall–Kier alpha value is -2.79. The van der Waals surface area contributed by atoms with Gasteiger partial charge in [-0.05, 0) is 50.1 Å². The van der Waals surface area contributed by atoms with Crippen LogP contribution in [0.3, 0.4) is 0 Å². The summed E-state index contributed by atoms with van der Waals surface area (Å²) in [6.07, 6.45) is 4.53. The molecule has 2 heterocycles. The first-order chi connectivity index (χ1) is 13.5. The summed E-state index contributed by atoms with van der Waals surface area (Å²) >= 11 is 0.806. The lowest BCUT2D eigenvalue weighted by molar-refractivity contribution is -0.138. The Balaban J connectivity index is 1.74. The molecule has 2 aliphatic heterocycles. The van der Waals surface area contributed by atoms with Gasteiger partial charge < -0.3 is 9.64 Å². The molecule has 7 nitrogen and oxygen atoms in total. The number of imide groups is 1. The quantitative estimate of drug-likeness (QED) is 0.707. The van der Waals surface area contributed by atoms with Crippen LogP contribution in [0.15, 0.2) is 29.2 Å². The molecule has 0 N–H and O–H groups in total. The number of hydrogen-bond acceptors (Lipinski definition) is 6. The van der Waals surface area contributed by atoms with E-state index in [-0.39, 0.29) is 30.0 Å². The topological polar surface area (TPSA) is 90.7 Å². The zero-order chi connectivity index (χ0) is 20.1. The number of benzene rings is 1. The molecular weight excluding hydrogens is 378 g/mol. The van der Waals surface area contributed by atoms with Gasteiger partial charge in [-0.25, -0.2) is 0 Å². The SMILES string of the molecule is C[C@H]1CCCCN1C(=O)CN1C(=O)S/C(=C\c2ccccc2OCC#N)C1=O. The van der Waals surface area contributed by atoms with Crippen molar-refractivity contribution in [2.75, 3.05) is 19.7 Å². The van der Waals surface area contributed by atoms with Crippen LogP contribution in [-0.2, 0) is 9.59 Å². The number of nitriles is 1. The largest absolute Gasteiger partial charge is 0.478 e. The predicted molar refractivity (Wildman–Crippen MR) is 105 cm³/mol. The highest BCUT2D eigenvalue weighted by atomic mass is 32.2. The van der Waals surface area contributed by atoms with Crippen molar-refractivity contribution in [2.24, 2.45) is 0 Å². The molecule has 2 fully saturated rings. The molecule has 146 valence electrons. The Labute approximate surface area is 167 Å². The second kappa shape index (κ2) is 8.93. The molecule has 1 aromatic rings. The van der Waals surface area contributed by atoms with Crippen molar-refractivity contribution in [2.45, 2.75) is 32.2 Å². The number of nitrogens with zero attached hydrogens (tertiary/aromatic N) is 3. The van der Waals surface area contributed by atoms with Crippen LogP contribution in [0.5, 0.6) is 5.75 Å². The monoisotopic (exact) mass is 399 g/mol. The molecule has 0 aromatic heterocycles. The summed E-state index contributed by atoms with van der Waals surface area (Å²) < 4.78 is 5.36. The average molecular weight is 399 g/mol. The highest BCUT2D eigenvalue weighted by molar-refractivity contribution is 8.18. The molecule has 3 amide bonds. The van der Waals surface area contributed by atoms with Crippen LogP contribution in [-0.4, -0.2) is 52.6 Å². The van der Waals surface area contributed by atoms with Gasteiger partial charge in [0.2, 0.25) is 5.91 Å². The summed E-state index contributed by atoms with van der Waals surface area (Å²) in [6, 6.07) is 8.98. The number of thioether (sulfide) groups is 1. The van der Waals surface area contributed by atoms with Crippen LogP contribution >= 0.6 is 11.8 Å². The van der Waals surface area contributed by atoms with E-state index in [2.05, 4.69) is 0 Å². The first-order valence-electron chi connectivity index (χ1n) is 9.15. The maximum absolute atomic E-state index is 12.7.